The molecule has 17 heavy (non-hydrogen) atoms. The Morgan fingerprint density at radius 1 is 1.41 bits per heavy atom. The van der Waals surface area contributed by atoms with E-state index in [1.807, 2.05) is 36.9 Å². The molecule has 5 heteroatoms. The summed E-state index contributed by atoms with van der Waals surface area (Å²) in [5.74, 6) is -0.371. The fourth-order valence-electron chi connectivity index (χ4n) is 1.81. The van der Waals surface area contributed by atoms with Crippen LogP contribution < -0.4 is 16.4 Å². The first kappa shape index (κ1) is 13.4. The normalized spacial score (nSPS) is 10.0. The number of primary amides is 1. The Balaban J connectivity index is 3.25. The van der Waals surface area contributed by atoms with Crippen molar-refractivity contribution >= 4 is 28.8 Å². The topological polar surface area (TPSA) is 72.3 Å². The zero-order valence-electron chi connectivity index (χ0n) is 10.1. The van der Waals surface area contributed by atoms with E-state index in [-0.39, 0.29) is 12.5 Å². The average molecular weight is 251 g/mol. The fourth-order valence-corrected chi connectivity index (χ4v) is 1.98. The van der Waals surface area contributed by atoms with E-state index in [0.29, 0.717) is 11.5 Å². The highest BCUT2D eigenvalue weighted by Gasteiger charge is 2.15. The number of nitrogens with zero attached hydrogens (tertiary/aromatic N) is 1. The predicted molar refractivity (Wildman–Crippen MR) is 74.1 cm³/mol. The maximum absolute atomic E-state index is 11.1. The molecule has 0 aliphatic carbocycles. The Morgan fingerprint density at radius 3 is 2.53 bits per heavy atom. The molecule has 92 valence electrons. The maximum atomic E-state index is 11.1. The third kappa shape index (κ3) is 3.17. The molecule has 0 atom stereocenters. The average Bonchev–Trinajstić information content (AvgIpc) is 2.25. The van der Waals surface area contributed by atoms with Gasteiger partial charge in [0.1, 0.15) is 4.99 Å². The number of para-hydroxylation sites is 1. The number of likely N-dealkylation sites (N-methyl/N-ethyl adjacent to an activating group) is 1. The molecule has 0 radical (unpaired) electrons. The molecule has 4 nitrogen and oxygen atoms in total. The summed E-state index contributed by atoms with van der Waals surface area (Å²) in [6, 6.07) is 5.71. The molecule has 0 saturated carbocycles. The number of nitrogens with two attached hydrogens (primary N) is 2. The van der Waals surface area contributed by atoms with Gasteiger partial charge in [0.15, 0.2) is 0 Å². The zero-order valence-corrected chi connectivity index (χ0v) is 10.9. The minimum Gasteiger partial charge on any atom is -0.389 e. The summed E-state index contributed by atoms with van der Waals surface area (Å²) in [7, 11) is 0. The summed E-state index contributed by atoms with van der Waals surface area (Å²) in [6.45, 7) is 4.75. The van der Waals surface area contributed by atoms with Crippen molar-refractivity contribution in [1.29, 1.82) is 0 Å². The molecular weight excluding hydrogens is 234 g/mol. The molecule has 0 aliphatic heterocycles. The van der Waals surface area contributed by atoms with Gasteiger partial charge in [-0.25, -0.2) is 0 Å². The monoisotopic (exact) mass is 251 g/mol. The summed E-state index contributed by atoms with van der Waals surface area (Å²) >= 11 is 5.02. The van der Waals surface area contributed by atoms with Crippen LogP contribution in [0.5, 0.6) is 0 Å². The van der Waals surface area contributed by atoms with Crippen molar-refractivity contribution in [2.45, 2.75) is 13.8 Å². The van der Waals surface area contributed by atoms with E-state index in [1.165, 1.54) is 0 Å². The van der Waals surface area contributed by atoms with Gasteiger partial charge in [0.05, 0.1) is 12.2 Å². The quantitative estimate of drug-likeness (QED) is 0.764. The lowest BCUT2D eigenvalue weighted by molar-refractivity contribution is -0.116. The van der Waals surface area contributed by atoms with Crippen LogP contribution in [-0.4, -0.2) is 24.0 Å². The van der Waals surface area contributed by atoms with Gasteiger partial charge in [-0.2, -0.15) is 0 Å². The number of hydrogen-bond donors (Lipinski definition) is 2. The molecule has 1 amide bonds. The Bertz CT molecular complexity index is 445. The predicted octanol–water partition coefficient (Wildman–Crippen LogP) is 0.941. The second-order valence-corrected chi connectivity index (χ2v) is 4.26. The largest absolute Gasteiger partial charge is 0.389 e. The lowest BCUT2D eigenvalue weighted by Gasteiger charge is -2.26. The van der Waals surface area contributed by atoms with Crippen molar-refractivity contribution in [3.05, 3.63) is 29.3 Å². The van der Waals surface area contributed by atoms with Gasteiger partial charge in [-0.1, -0.05) is 24.4 Å². The van der Waals surface area contributed by atoms with Gasteiger partial charge in [0, 0.05) is 12.1 Å². The van der Waals surface area contributed by atoms with Crippen molar-refractivity contribution in [2.24, 2.45) is 11.5 Å². The first-order chi connectivity index (χ1) is 7.97. The number of amides is 1. The van der Waals surface area contributed by atoms with E-state index in [0.717, 1.165) is 16.8 Å². The Morgan fingerprint density at radius 2 is 2.06 bits per heavy atom. The number of hydrogen-bond acceptors (Lipinski definition) is 3. The van der Waals surface area contributed by atoms with Crippen molar-refractivity contribution in [3.63, 3.8) is 0 Å². The van der Waals surface area contributed by atoms with Crippen LogP contribution in [0.15, 0.2) is 18.2 Å². The summed E-state index contributed by atoms with van der Waals surface area (Å²) in [5, 5.41) is 0. The lowest BCUT2D eigenvalue weighted by atomic mass is 10.1. The Hall–Kier alpha value is -1.62. The second kappa shape index (κ2) is 5.63. The van der Waals surface area contributed by atoms with E-state index in [2.05, 4.69) is 0 Å². The number of thiocarbonyl (C=S) groups is 1. The first-order valence-corrected chi connectivity index (χ1v) is 5.80. The van der Waals surface area contributed by atoms with Crippen LogP contribution in [0.3, 0.4) is 0 Å². The van der Waals surface area contributed by atoms with Crippen LogP contribution >= 0.6 is 12.2 Å². The van der Waals surface area contributed by atoms with E-state index >= 15 is 0 Å². The number of carbonyl (C=O) groups is 1. The summed E-state index contributed by atoms with van der Waals surface area (Å²) in [4.78, 5) is 13.3. The highest BCUT2D eigenvalue weighted by molar-refractivity contribution is 7.80. The Kier molecular flexibility index (Phi) is 4.45. The molecule has 1 rings (SSSR count). The molecule has 0 saturated heterocycles. The summed E-state index contributed by atoms with van der Waals surface area (Å²) < 4.78 is 0. The molecule has 0 fully saturated rings. The molecule has 4 N–H and O–H groups in total. The van der Waals surface area contributed by atoms with E-state index in [4.69, 9.17) is 23.7 Å². The van der Waals surface area contributed by atoms with Gasteiger partial charge < -0.3 is 16.4 Å². The molecule has 0 spiro atoms. The molecule has 1 aromatic rings. The van der Waals surface area contributed by atoms with E-state index in [9.17, 15) is 4.79 Å². The Labute approximate surface area is 107 Å². The van der Waals surface area contributed by atoms with Crippen LogP contribution in [0.1, 0.15) is 18.1 Å². The standard InChI is InChI=1S/C12H17N3OS/c1-3-15(7-10(13)16)11-8(2)5-4-6-9(11)12(14)17/h4-6H,3,7H2,1-2H3,(H2,13,16)(H2,14,17). The molecule has 0 aliphatic rings. The van der Waals surface area contributed by atoms with Gasteiger partial charge in [-0.3, -0.25) is 4.79 Å². The minimum absolute atomic E-state index is 0.164. The highest BCUT2D eigenvalue weighted by Crippen LogP contribution is 2.24. The summed E-state index contributed by atoms with van der Waals surface area (Å²) in [5.41, 5.74) is 13.6. The van der Waals surface area contributed by atoms with Gasteiger partial charge in [0.25, 0.3) is 0 Å². The van der Waals surface area contributed by atoms with Gasteiger partial charge in [-0.05, 0) is 25.5 Å². The second-order valence-electron chi connectivity index (χ2n) is 3.82. The van der Waals surface area contributed by atoms with E-state index in [1.54, 1.807) is 0 Å². The van der Waals surface area contributed by atoms with Crippen LogP contribution in [-0.2, 0) is 4.79 Å². The minimum atomic E-state index is -0.371. The van der Waals surface area contributed by atoms with Crippen LogP contribution in [0.2, 0.25) is 0 Å². The van der Waals surface area contributed by atoms with Gasteiger partial charge >= 0.3 is 0 Å². The molecule has 0 unspecified atom stereocenters. The van der Waals surface area contributed by atoms with Crippen molar-refractivity contribution in [1.82, 2.24) is 0 Å². The maximum Gasteiger partial charge on any atom is 0.236 e. The van der Waals surface area contributed by atoms with Crippen molar-refractivity contribution in [2.75, 3.05) is 18.0 Å². The van der Waals surface area contributed by atoms with E-state index < -0.39 is 0 Å². The number of benzene rings is 1. The summed E-state index contributed by atoms with van der Waals surface area (Å²) in [6.07, 6.45) is 0. The molecule has 1 aromatic carbocycles. The molecule has 0 heterocycles. The number of anilines is 1. The number of aryl methyl sites for hydroxylation is 1. The fraction of sp³-hybridized carbons (Fsp3) is 0.333. The number of carbonyl (C=O) groups excluding carboxylic acids is 1. The third-order valence-corrected chi connectivity index (χ3v) is 2.77. The zero-order chi connectivity index (χ0) is 13.0. The third-order valence-electron chi connectivity index (χ3n) is 2.55. The van der Waals surface area contributed by atoms with Crippen LogP contribution in [0, 0.1) is 6.92 Å². The molecule has 0 bridgehead atoms. The van der Waals surface area contributed by atoms with Gasteiger partial charge in [0.2, 0.25) is 5.91 Å². The highest BCUT2D eigenvalue weighted by atomic mass is 32.1. The van der Waals surface area contributed by atoms with Crippen LogP contribution in [0.4, 0.5) is 5.69 Å². The SMILES string of the molecule is CCN(CC(N)=O)c1c(C)cccc1C(N)=S. The van der Waals surface area contributed by atoms with Crippen molar-refractivity contribution in [3.8, 4) is 0 Å². The lowest BCUT2D eigenvalue weighted by Crippen LogP contribution is -2.35. The van der Waals surface area contributed by atoms with Crippen molar-refractivity contribution < 1.29 is 4.79 Å². The first-order valence-electron chi connectivity index (χ1n) is 5.40. The molecule has 0 aromatic heterocycles. The van der Waals surface area contributed by atoms with Crippen LogP contribution in [0.25, 0.3) is 0 Å². The smallest absolute Gasteiger partial charge is 0.236 e. The molecular formula is C12H17N3OS. The van der Waals surface area contributed by atoms with Gasteiger partial charge in [-0.15, -0.1) is 0 Å². The number of rotatable bonds is 5.